The third-order valence-electron chi connectivity index (χ3n) is 16.3. The molecule has 0 aliphatic heterocycles. The van der Waals surface area contributed by atoms with Gasteiger partial charge in [0.1, 0.15) is 13.2 Å². The lowest BCUT2D eigenvalue weighted by molar-refractivity contribution is -0.167. The van der Waals surface area contributed by atoms with Crippen LogP contribution in [0.2, 0.25) is 0 Å². The highest BCUT2D eigenvalue weighted by Crippen LogP contribution is 2.19. The largest absolute Gasteiger partial charge is 0.462 e. The Bertz CT molecular complexity index is 1200. The Kier molecular flexibility index (Phi) is 65.1. The van der Waals surface area contributed by atoms with Crippen molar-refractivity contribution in [2.24, 2.45) is 0 Å². The van der Waals surface area contributed by atoms with Crippen LogP contribution in [0.25, 0.3) is 0 Å². The van der Waals surface area contributed by atoms with Crippen molar-refractivity contribution < 1.29 is 28.6 Å². The Morgan fingerprint density at radius 3 is 0.649 bits per heavy atom. The van der Waals surface area contributed by atoms with Crippen molar-refractivity contribution in [2.75, 3.05) is 13.2 Å². The van der Waals surface area contributed by atoms with Crippen molar-refractivity contribution in [1.82, 2.24) is 0 Å². The molecule has 0 spiro atoms. The van der Waals surface area contributed by atoms with E-state index in [0.29, 0.717) is 19.3 Å². The smallest absolute Gasteiger partial charge is 0.306 e. The minimum absolute atomic E-state index is 0.0659. The molecule has 0 rings (SSSR count). The molecule has 6 nitrogen and oxygen atoms in total. The van der Waals surface area contributed by atoms with Gasteiger partial charge in [0.15, 0.2) is 6.10 Å². The van der Waals surface area contributed by atoms with Gasteiger partial charge < -0.3 is 14.2 Å². The van der Waals surface area contributed by atoms with Crippen molar-refractivity contribution in [3.63, 3.8) is 0 Å². The molecule has 0 fully saturated rings. The van der Waals surface area contributed by atoms with Crippen molar-refractivity contribution >= 4 is 17.9 Å². The van der Waals surface area contributed by atoms with Crippen LogP contribution in [0.4, 0.5) is 0 Å². The van der Waals surface area contributed by atoms with Gasteiger partial charge in [0, 0.05) is 19.3 Å². The first-order valence-electron chi connectivity index (χ1n) is 35.2. The summed E-state index contributed by atoms with van der Waals surface area (Å²) in [5.41, 5.74) is 0. The quantitative estimate of drug-likeness (QED) is 0.0261. The van der Waals surface area contributed by atoms with Crippen LogP contribution in [0.1, 0.15) is 406 Å². The average molecular weight is 1090 g/mol. The van der Waals surface area contributed by atoms with E-state index in [1.54, 1.807) is 0 Å². The molecule has 0 amide bonds. The van der Waals surface area contributed by atoms with Gasteiger partial charge in [0.25, 0.3) is 0 Å². The minimum Gasteiger partial charge on any atom is -0.462 e. The molecule has 0 saturated carbocycles. The minimum atomic E-state index is -0.767. The Morgan fingerprint density at radius 2 is 0.429 bits per heavy atom. The van der Waals surface area contributed by atoms with Crippen LogP contribution in [-0.2, 0) is 28.6 Å². The molecule has 0 aliphatic carbocycles. The topological polar surface area (TPSA) is 78.9 Å². The molecule has 0 aliphatic rings. The van der Waals surface area contributed by atoms with Crippen LogP contribution in [0, 0.1) is 0 Å². The Hall–Kier alpha value is -1.85. The maximum atomic E-state index is 12.9. The van der Waals surface area contributed by atoms with Gasteiger partial charge in [-0.25, -0.2) is 0 Å². The zero-order valence-electron chi connectivity index (χ0n) is 52.5. The molecule has 456 valence electrons. The lowest BCUT2D eigenvalue weighted by atomic mass is 10.0. The summed E-state index contributed by atoms with van der Waals surface area (Å²) >= 11 is 0. The molecule has 0 N–H and O–H groups in total. The molecule has 6 heteroatoms. The van der Waals surface area contributed by atoms with Gasteiger partial charge >= 0.3 is 17.9 Å². The van der Waals surface area contributed by atoms with Gasteiger partial charge in [-0.15, -0.1) is 0 Å². The number of rotatable bonds is 66. The van der Waals surface area contributed by atoms with Crippen molar-refractivity contribution in [1.29, 1.82) is 0 Å². The van der Waals surface area contributed by atoms with E-state index in [1.807, 2.05) is 0 Å². The van der Waals surface area contributed by atoms with Crippen LogP contribution >= 0.6 is 0 Å². The zero-order valence-corrected chi connectivity index (χ0v) is 52.5. The highest BCUT2D eigenvalue weighted by Gasteiger charge is 2.19. The standard InChI is InChI=1S/C71H136O6/c1-4-7-10-13-16-19-21-23-25-27-29-30-31-32-33-34-35-36-37-38-39-40-41-42-43-45-46-48-50-52-55-58-61-64-70(73)76-67-68(66-75-69(72)63-60-57-54-18-15-12-9-6-3)77-71(74)65-62-59-56-53-51-49-47-44-28-26-24-22-20-17-14-11-8-5-2/h26,28,68H,4-25,27,29-67H2,1-3H3/b28-26-. The Balaban J connectivity index is 3.96. The predicted molar refractivity (Wildman–Crippen MR) is 335 cm³/mol. The second kappa shape index (κ2) is 66.7. The molecule has 0 radical (unpaired) electrons. The first-order valence-corrected chi connectivity index (χ1v) is 35.2. The molecule has 0 aromatic heterocycles. The van der Waals surface area contributed by atoms with Gasteiger partial charge in [-0.2, -0.15) is 0 Å². The third-order valence-corrected chi connectivity index (χ3v) is 16.3. The monoisotopic (exact) mass is 1090 g/mol. The zero-order chi connectivity index (χ0) is 55.7. The van der Waals surface area contributed by atoms with E-state index in [0.717, 1.165) is 57.8 Å². The van der Waals surface area contributed by atoms with Crippen LogP contribution in [0.3, 0.4) is 0 Å². The average Bonchev–Trinajstić information content (AvgIpc) is 3.43. The predicted octanol–water partition coefficient (Wildman–Crippen LogP) is 24.0. The van der Waals surface area contributed by atoms with Crippen molar-refractivity contribution in [2.45, 2.75) is 412 Å². The lowest BCUT2D eigenvalue weighted by Gasteiger charge is -2.18. The number of allylic oxidation sites excluding steroid dienone is 2. The van der Waals surface area contributed by atoms with Gasteiger partial charge in [-0.05, 0) is 44.9 Å². The van der Waals surface area contributed by atoms with E-state index < -0.39 is 6.10 Å². The van der Waals surface area contributed by atoms with Gasteiger partial charge in [0.05, 0.1) is 0 Å². The summed E-state index contributed by atoms with van der Waals surface area (Å²) in [6.45, 7) is 6.68. The Morgan fingerprint density at radius 1 is 0.247 bits per heavy atom. The van der Waals surface area contributed by atoms with E-state index in [9.17, 15) is 14.4 Å². The molecule has 1 atom stereocenters. The molecule has 1 unspecified atom stereocenters. The number of esters is 3. The number of carbonyl (C=O) groups is 3. The fourth-order valence-corrected chi connectivity index (χ4v) is 11.0. The molecular weight excluding hydrogens is 949 g/mol. The van der Waals surface area contributed by atoms with Crippen molar-refractivity contribution in [3.05, 3.63) is 12.2 Å². The van der Waals surface area contributed by atoms with Gasteiger partial charge in [0.2, 0.25) is 0 Å². The first kappa shape index (κ1) is 75.2. The summed E-state index contributed by atoms with van der Waals surface area (Å²) in [5.74, 6) is -0.846. The molecule has 77 heavy (non-hydrogen) atoms. The summed E-state index contributed by atoms with van der Waals surface area (Å²) in [4.78, 5) is 38.2. The summed E-state index contributed by atoms with van der Waals surface area (Å²) < 4.78 is 16.9. The van der Waals surface area contributed by atoms with Crippen LogP contribution in [-0.4, -0.2) is 37.2 Å². The van der Waals surface area contributed by atoms with E-state index in [2.05, 4.69) is 32.9 Å². The molecule has 0 bridgehead atoms. The fraction of sp³-hybridized carbons (Fsp3) is 0.930. The first-order chi connectivity index (χ1) is 38.0. The second-order valence-corrected chi connectivity index (χ2v) is 24.2. The number of unbranched alkanes of at least 4 members (excludes halogenated alkanes) is 53. The fourth-order valence-electron chi connectivity index (χ4n) is 11.0. The van der Waals surface area contributed by atoms with E-state index in [1.165, 1.54) is 308 Å². The maximum Gasteiger partial charge on any atom is 0.306 e. The Labute approximate surface area is 481 Å². The number of carbonyl (C=O) groups excluding carboxylic acids is 3. The SMILES string of the molecule is CCCCCCCCC/C=C\CCCCCCCCCC(=O)OC(COC(=O)CCCCCCCCCC)COC(=O)CCCCCCCCCCCCCCCCCCCCCCCCCCCCCCCCCCC. The van der Waals surface area contributed by atoms with E-state index in [-0.39, 0.29) is 31.1 Å². The van der Waals surface area contributed by atoms with E-state index in [4.69, 9.17) is 14.2 Å². The summed E-state index contributed by atoms with van der Waals surface area (Å²) in [7, 11) is 0. The van der Waals surface area contributed by atoms with Gasteiger partial charge in [-0.1, -0.05) is 354 Å². The molecule has 0 aromatic carbocycles. The van der Waals surface area contributed by atoms with Crippen molar-refractivity contribution in [3.8, 4) is 0 Å². The number of ether oxygens (including phenoxy) is 3. The molecule has 0 saturated heterocycles. The normalized spacial score (nSPS) is 12.0. The number of hydrogen-bond acceptors (Lipinski definition) is 6. The highest BCUT2D eigenvalue weighted by molar-refractivity contribution is 5.71. The second-order valence-electron chi connectivity index (χ2n) is 24.2. The maximum absolute atomic E-state index is 12.9. The lowest BCUT2D eigenvalue weighted by Crippen LogP contribution is -2.30. The van der Waals surface area contributed by atoms with Gasteiger partial charge in [-0.3, -0.25) is 14.4 Å². The molecule has 0 aromatic rings. The summed E-state index contributed by atoms with van der Waals surface area (Å²) in [6.07, 6.45) is 80.0. The molecular formula is C71H136O6. The van der Waals surface area contributed by atoms with Crippen LogP contribution < -0.4 is 0 Å². The third kappa shape index (κ3) is 64.9. The molecule has 0 heterocycles. The number of hydrogen-bond donors (Lipinski definition) is 0. The highest BCUT2D eigenvalue weighted by atomic mass is 16.6. The van der Waals surface area contributed by atoms with E-state index >= 15 is 0 Å². The van der Waals surface area contributed by atoms with Crippen LogP contribution in [0.15, 0.2) is 12.2 Å². The summed E-state index contributed by atoms with van der Waals surface area (Å²) in [5, 5.41) is 0. The summed E-state index contributed by atoms with van der Waals surface area (Å²) in [6, 6.07) is 0. The van der Waals surface area contributed by atoms with Crippen LogP contribution in [0.5, 0.6) is 0 Å².